The van der Waals surface area contributed by atoms with Gasteiger partial charge in [-0.3, -0.25) is 24.4 Å². The van der Waals surface area contributed by atoms with Crippen molar-refractivity contribution < 1.29 is 27.9 Å². The van der Waals surface area contributed by atoms with Crippen molar-refractivity contribution in [3.63, 3.8) is 0 Å². The number of sulfonamides is 1. The first-order valence-corrected chi connectivity index (χ1v) is 23.0. The normalized spacial score (nSPS) is 16.9. The van der Waals surface area contributed by atoms with E-state index in [2.05, 4.69) is 19.9 Å². The van der Waals surface area contributed by atoms with Crippen LogP contribution >= 0.6 is 11.3 Å². The maximum absolute atomic E-state index is 14.1. The van der Waals surface area contributed by atoms with Gasteiger partial charge in [-0.05, 0) is 112 Å². The lowest BCUT2D eigenvalue weighted by molar-refractivity contribution is -0.143. The van der Waals surface area contributed by atoms with Gasteiger partial charge in [0.15, 0.2) is 5.13 Å². The number of benzene rings is 2. The number of nitrogens with one attached hydrogen (secondary N) is 2. The summed E-state index contributed by atoms with van der Waals surface area (Å²) in [7, 11) is -4.05. The Bertz CT molecular complexity index is 2440. The maximum atomic E-state index is 14.1. The molecule has 5 heterocycles. The summed E-state index contributed by atoms with van der Waals surface area (Å²) in [6.45, 7) is 5.34. The number of amides is 2. The number of para-hydroxylation sites is 1. The summed E-state index contributed by atoms with van der Waals surface area (Å²) < 4.78 is 32.1. The predicted octanol–water partition coefficient (Wildman–Crippen LogP) is 6.50. The first-order chi connectivity index (χ1) is 28.5. The summed E-state index contributed by atoms with van der Waals surface area (Å²) >= 11 is 1.41. The average molecular weight is 839 g/mol. The second-order valence-electron chi connectivity index (χ2n) is 16.0. The van der Waals surface area contributed by atoms with Crippen LogP contribution in [0.2, 0.25) is 0 Å². The molecule has 0 unspecified atom stereocenters. The highest BCUT2D eigenvalue weighted by atomic mass is 32.2. The van der Waals surface area contributed by atoms with Gasteiger partial charge in [-0.15, -0.1) is 0 Å². The van der Waals surface area contributed by atoms with Crippen molar-refractivity contribution in [2.45, 2.75) is 77.8 Å². The van der Waals surface area contributed by atoms with Gasteiger partial charge in [0.25, 0.3) is 11.8 Å². The van der Waals surface area contributed by atoms with Crippen LogP contribution in [-0.4, -0.2) is 87.9 Å². The molecule has 1 saturated carbocycles. The van der Waals surface area contributed by atoms with E-state index in [1.54, 1.807) is 12.3 Å². The second kappa shape index (κ2) is 17.6. The number of carbonyl (C=O) groups is 3. The summed E-state index contributed by atoms with van der Waals surface area (Å²) in [5.41, 5.74) is 5.31. The van der Waals surface area contributed by atoms with Crippen molar-refractivity contribution in [3.8, 4) is 11.1 Å². The first kappa shape index (κ1) is 40.6. The molecular weight excluding hydrogens is 789 g/mol. The molecule has 0 radical (unpaired) electrons. The minimum atomic E-state index is -4.05. The molecule has 0 spiro atoms. The number of likely N-dealkylation sites (tertiary alicyclic amines) is 1. The minimum absolute atomic E-state index is 0.0187. The topological polar surface area (TPSA) is 180 Å². The lowest BCUT2D eigenvalue weighted by Crippen LogP contribution is -2.38. The third kappa shape index (κ3) is 9.34. The number of hydrogen-bond acceptors (Lipinski definition) is 11. The van der Waals surface area contributed by atoms with Crippen molar-refractivity contribution in [1.29, 1.82) is 0 Å². The van der Waals surface area contributed by atoms with Crippen molar-refractivity contribution in [1.82, 2.24) is 29.4 Å². The Hall–Kier alpha value is -5.19. The number of hydrogen-bond donors (Lipinski definition) is 3. The lowest BCUT2D eigenvalue weighted by atomic mass is 9.89. The van der Waals surface area contributed by atoms with Crippen molar-refractivity contribution in [3.05, 3.63) is 88.9 Å². The monoisotopic (exact) mass is 838 g/mol. The molecule has 59 heavy (non-hydrogen) atoms. The number of fused-ring (bicyclic) bond motifs is 2. The van der Waals surface area contributed by atoms with Crippen molar-refractivity contribution in [2.75, 3.05) is 42.1 Å². The van der Waals surface area contributed by atoms with Crippen LogP contribution in [0.25, 0.3) is 21.3 Å². The van der Waals surface area contributed by atoms with Crippen LogP contribution in [0.4, 0.5) is 10.9 Å². The molecule has 2 amide bonds. The van der Waals surface area contributed by atoms with Crippen LogP contribution in [0.5, 0.6) is 0 Å². The summed E-state index contributed by atoms with van der Waals surface area (Å²) in [5.74, 6) is -1.50. The molecule has 3 aromatic heterocycles. The van der Waals surface area contributed by atoms with Gasteiger partial charge < -0.3 is 14.9 Å². The third-order valence-electron chi connectivity index (χ3n) is 12.1. The average Bonchev–Trinajstić information content (AvgIpc) is 3.82. The number of piperidine rings is 1. The van der Waals surface area contributed by atoms with E-state index < -0.39 is 21.9 Å². The first-order valence-electron chi connectivity index (χ1n) is 20.6. The van der Waals surface area contributed by atoms with Gasteiger partial charge in [0, 0.05) is 42.0 Å². The molecule has 1 saturated heterocycles. The van der Waals surface area contributed by atoms with E-state index in [9.17, 15) is 27.9 Å². The summed E-state index contributed by atoms with van der Waals surface area (Å²) in [5, 5.41) is 17.5. The molecule has 1 aliphatic carbocycles. The molecule has 3 N–H and O–H groups in total. The molecule has 310 valence electrons. The molecule has 16 heteroatoms. The fraction of sp³-hybridized carbons (Fsp3) is 0.442. The quantitative estimate of drug-likeness (QED) is 0.118. The fourth-order valence-electron chi connectivity index (χ4n) is 8.73. The van der Waals surface area contributed by atoms with Gasteiger partial charge in [-0.2, -0.15) is 5.10 Å². The van der Waals surface area contributed by atoms with E-state index in [0.29, 0.717) is 85.5 Å². The number of aromatic nitrogens is 4. The Labute approximate surface area is 348 Å². The van der Waals surface area contributed by atoms with E-state index in [1.807, 2.05) is 65.0 Å². The van der Waals surface area contributed by atoms with Crippen LogP contribution in [0.3, 0.4) is 0 Å². The Morgan fingerprint density at radius 3 is 2.47 bits per heavy atom. The van der Waals surface area contributed by atoms with Crippen molar-refractivity contribution >= 4 is 60.3 Å². The number of anilines is 2. The molecule has 8 rings (SSSR count). The molecule has 5 aromatic rings. The fourth-order valence-corrected chi connectivity index (χ4v) is 10.6. The lowest BCUT2D eigenvalue weighted by Gasteiger charge is -2.31. The Morgan fingerprint density at radius 2 is 1.69 bits per heavy atom. The number of nitrogens with zero attached hydrogens (tertiary/aromatic N) is 6. The molecular formula is C43H50N8O6S2. The zero-order chi connectivity index (χ0) is 41.1. The third-order valence-corrected chi connectivity index (χ3v) is 14.3. The molecule has 0 bridgehead atoms. The number of pyridine rings is 1. The highest BCUT2D eigenvalue weighted by Crippen LogP contribution is 2.33. The Morgan fingerprint density at radius 1 is 0.898 bits per heavy atom. The number of aliphatic carboxylic acids is 1. The SMILES string of the molecule is Cc1c(-c2ccc(N3CCc4cccc(C(=O)Nc5nc6ccccc6s5)c4C3)nc2C(=O)NS(=O)(=O)CCCN2CCC(C(=O)O)CC2)cnn1CC1CCCCC1. The van der Waals surface area contributed by atoms with Gasteiger partial charge in [0.05, 0.1) is 28.1 Å². The van der Waals surface area contributed by atoms with Gasteiger partial charge >= 0.3 is 5.97 Å². The zero-order valence-corrected chi connectivity index (χ0v) is 34.9. The largest absolute Gasteiger partial charge is 0.481 e. The summed E-state index contributed by atoms with van der Waals surface area (Å²) in [6.07, 6.45) is 9.70. The second-order valence-corrected chi connectivity index (χ2v) is 18.9. The van der Waals surface area contributed by atoms with Gasteiger partial charge in [-0.1, -0.05) is 54.9 Å². The predicted molar refractivity (Wildman–Crippen MR) is 228 cm³/mol. The number of carbonyl (C=O) groups excluding carboxylic acids is 2. The molecule has 3 aliphatic rings. The standard InChI is InChI=1S/C43H50N8O6S2/c1-28-34(25-44-51(28)26-29-9-3-2-4-10-29)32-15-16-38(46-39(32)41(53)48-59(56,57)24-8-20-49-21-17-31(18-22-49)42(54)55)50-23-19-30-11-7-12-33(35(30)27-50)40(52)47-43-45-36-13-5-6-14-37(36)58-43/h5-7,11-16,25,29,31H,2-4,8-10,17-24,26-27H2,1H3,(H,48,53)(H,54,55)(H,45,47,52). The number of thiazole rings is 1. The van der Waals surface area contributed by atoms with Gasteiger partial charge in [-0.25, -0.2) is 23.1 Å². The molecule has 2 aromatic carbocycles. The zero-order valence-electron chi connectivity index (χ0n) is 33.2. The maximum Gasteiger partial charge on any atom is 0.306 e. The Kier molecular flexibility index (Phi) is 12.1. The van der Waals surface area contributed by atoms with Crippen LogP contribution in [-0.2, 0) is 34.3 Å². The highest BCUT2D eigenvalue weighted by Gasteiger charge is 2.29. The molecule has 0 atom stereocenters. The number of rotatable bonds is 13. The van der Waals surface area contributed by atoms with Crippen LogP contribution < -0.4 is 14.9 Å². The smallest absolute Gasteiger partial charge is 0.306 e. The molecule has 2 fully saturated rings. The van der Waals surface area contributed by atoms with Gasteiger partial charge in [0.1, 0.15) is 11.5 Å². The summed E-state index contributed by atoms with van der Waals surface area (Å²) in [4.78, 5) is 52.8. The molecule has 14 nitrogen and oxygen atoms in total. The van der Waals surface area contributed by atoms with Gasteiger partial charge in [0.2, 0.25) is 10.0 Å². The van der Waals surface area contributed by atoms with E-state index >= 15 is 0 Å². The number of carboxylic acids is 1. The summed E-state index contributed by atoms with van der Waals surface area (Å²) in [6, 6.07) is 17.1. The van der Waals surface area contributed by atoms with Crippen molar-refractivity contribution in [2.24, 2.45) is 11.8 Å². The van der Waals surface area contributed by atoms with Crippen LogP contribution in [0.1, 0.15) is 89.0 Å². The van der Waals surface area contributed by atoms with Crippen LogP contribution in [0, 0.1) is 18.8 Å². The minimum Gasteiger partial charge on any atom is -0.481 e. The van der Waals surface area contributed by atoms with Crippen LogP contribution in [0.15, 0.2) is 60.8 Å². The molecule has 2 aliphatic heterocycles. The Balaban J connectivity index is 1.03. The van der Waals surface area contributed by atoms with E-state index in [1.165, 1.54) is 30.6 Å². The van der Waals surface area contributed by atoms with E-state index in [4.69, 9.17) is 10.1 Å². The van der Waals surface area contributed by atoms with E-state index in [0.717, 1.165) is 46.4 Å². The van der Waals surface area contributed by atoms with E-state index in [-0.39, 0.29) is 29.7 Å². The highest BCUT2D eigenvalue weighted by molar-refractivity contribution is 7.90. The number of carboxylic acid groups (broad SMARTS) is 1.